The number of hydrogen-bond acceptors (Lipinski definition) is 7. The van der Waals surface area contributed by atoms with Gasteiger partial charge in [0.25, 0.3) is 0 Å². The van der Waals surface area contributed by atoms with Crippen LogP contribution in [-0.2, 0) is 9.47 Å². The number of nitrogens with zero attached hydrogens (tertiary/aromatic N) is 1. The summed E-state index contributed by atoms with van der Waals surface area (Å²) in [6.07, 6.45) is 0. The van der Waals surface area contributed by atoms with Gasteiger partial charge < -0.3 is 18.9 Å². The van der Waals surface area contributed by atoms with Gasteiger partial charge in [0.1, 0.15) is 0 Å². The Morgan fingerprint density at radius 1 is 0.960 bits per heavy atom. The van der Waals surface area contributed by atoms with Crippen molar-refractivity contribution < 1.29 is 28.5 Å². The van der Waals surface area contributed by atoms with Gasteiger partial charge in [0, 0.05) is 5.56 Å². The van der Waals surface area contributed by atoms with Crippen LogP contribution in [0.3, 0.4) is 0 Å². The molecule has 2 heterocycles. The number of benzene rings is 1. The van der Waals surface area contributed by atoms with E-state index < -0.39 is 11.9 Å². The third-order valence-electron chi connectivity index (χ3n) is 4.00. The van der Waals surface area contributed by atoms with Crippen molar-refractivity contribution in [3.05, 3.63) is 40.7 Å². The van der Waals surface area contributed by atoms with E-state index in [1.54, 1.807) is 32.0 Å². The summed E-state index contributed by atoms with van der Waals surface area (Å²) in [5, 5.41) is 0. The summed E-state index contributed by atoms with van der Waals surface area (Å²) in [6, 6.07) is 5.20. The minimum Gasteiger partial charge on any atom is -0.465 e. The highest BCUT2D eigenvalue weighted by molar-refractivity contribution is 6.07. The summed E-state index contributed by atoms with van der Waals surface area (Å²) in [5.74, 6) is -0.0209. The van der Waals surface area contributed by atoms with E-state index in [0.717, 1.165) is 0 Å². The first-order valence-electron chi connectivity index (χ1n) is 7.55. The van der Waals surface area contributed by atoms with Crippen LogP contribution < -0.4 is 9.47 Å². The van der Waals surface area contributed by atoms with Crippen LogP contribution in [0.1, 0.15) is 32.1 Å². The molecule has 0 atom stereocenters. The van der Waals surface area contributed by atoms with E-state index in [-0.39, 0.29) is 17.9 Å². The van der Waals surface area contributed by atoms with E-state index >= 15 is 0 Å². The van der Waals surface area contributed by atoms with E-state index in [0.29, 0.717) is 34.0 Å². The van der Waals surface area contributed by atoms with Crippen LogP contribution in [0.2, 0.25) is 0 Å². The number of esters is 2. The van der Waals surface area contributed by atoms with Crippen LogP contribution in [0, 0.1) is 13.8 Å². The molecular formula is C18H17NO6. The summed E-state index contributed by atoms with van der Waals surface area (Å²) in [4.78, 5) is 29.0. The number of carbonyl (C=O) groups excluding carboxylic acids is 2. The number of aromatic nitrogens is 1. The first kappa shape index (κ1) is 16.8. The van der Waals surface area contributed by atoms with Crippen molar-refractivity contribution in [2.24, 2.45) is 0 Å². The van der Waals surface area contributed by atoms with E-state index in [2.05, 4.69) is 4.98 Å². The van der Waals surface area contributed by atoms with Gasteiger partial charge in [-0.25, -0.2) is 9.59 Å². The predicted octanol–water partition coefficient (Wildman–Crippen LogP) is 2.67. The summed E-state index contributed by atoms with van der Waals surface area (Å²) >= 11 is 0. The molecule has 7 nitrogen and oxygen atoms in total. The third-order valence-corrected chi connectivity index (χ3v) is 4.00. The maximum atomic E-state index is 12.4. The highest BCUT2D eigenvalue weighted by Gasteiger charge is 2.28. The molecule has 0 unspecified atom stereocenters. The second-order valence-electron chi connectivity index (χ2n) is 5.46. The normalized spacial score (nSPS) is 12.0. The second kappa shape index (κ2) is 6.43. The molecule has 0 aliphatic carbocycles. The predicted molar refractivity (Wildman–Crippen MR) is 87.9 cm³/mol. The molecule has 1 aliphatic heterocycles. The largest absolute Gasteiger partial charge is 0.465 e. The van der Waals surface area contributed by atoms with Gasteiger partial charge in [-0.1, -0.05) is 6.07 Å². The van der Waals surface area contributed by atoms with Crippen LogP contribution in [0.4, 0.5) is 0 Å². The quantitative estimate of drug-likeness (QED) is 0.792. The third kappa shape index (κ3) is 2.77. The number of rotatable bonds is 3. The van der Waals surface area contributed by atoms with E-state index in [4.69, 9.17) is 18.9 Å². The van der Waals surface area contributed by atoms with Crippen molar-refractivity contribution >= 4 is 11.9 Å². The summed E-state index contributed by atoms with van der Waals surface area (Å²) in [6.45, 7) is 3.51. The lowest BCUT2D eigenvalue weighted by Gasteiger charge is -2.17. The van der Waals surface area contributed by atoms with Gasteiger partial charge in [0.2, 0.25) is 6.79 Å². The first-order valence-corrected chi connectivity index (χ1v) is 7.55. The minimum absolute atomic E-state index is 0.126. The Morgan fingerprint density at radius 3 is 2.08 bits per heavy atom. The highest BCUT2D eigenvalue weighted by atomic mass is 16.7. The number of pyridine rings is 1. The maximum Gasteiger partial charge on any atom is 0.340 e. The van der Waals surface area contributed by atoms with Gasteiger partial charge in [-0.3, -0.25) is 4.98 Å². The van der Waals surface area contributed by atoms with E-state index in [9.17, 15) is 9.59 Å². The van der Waals surface area contributed by atoms with Crippen LogP contribution in [0.25, 0.3) is 11.1 Å². The fourth-order valence-corrected chi connectivity index (χ4v) is 2.89. The molecule has 0 N–H and O–H groups in total. The Labute approximate surface area is 144 Å². The fourth-order valence-electron chi connectivity index (χ4n) is 2.89. The number of aryl methyl sites for hydroxylation is 2. The van der Waals surface area contributed by atoms with Crippen LogP contribution in [0.5, 0.6) is 11.5 Å². The average Bonchev–Trinajstić information content (AvgIpc) is 3.07. The lowest BCUT2D eigenvalue weighted by Crippen LogP contribution is -2.16. The number of methoxy groups -OCH3 is 2. The Bertz CT molecular complexity index is 834. The molecule has 1 aromatic heterocycles. The molecule has 0 fully saturated rings. The average molecular weight is 343 g/mol. The lowest BCUT2D eigenvalue weighted by atomic mass is 9.92. The van der Waals surface area contributed by atoms with Crippen molar-refractivity contribution in [3.8, 4) is 22.6 Å². The molecule has 7 heteroatoms. The second-order valence-corrected chi connectivity index (χ2v) is 5.46. The zero-order chi connectivity index (χ0) is 18.1. The Morgan fingerprint density at radius 2 is 1.52 bits per heavy atom. The summed E-state index contributed by atoms with van der Waals surface area (Å²) < 4.78 is 20.5. The van der Waals surface area contributed by atoms with Crippen molar-refractivity contribution in [1.82, 2.24) is 4.98 Å². The maximum absolute atomic E-state index is 12.4. The van der Waals surface area contributed by atoms with Crippen molar-refractivity contribution in [2.75, 3.05) is 21.0 Å². The Balaban J connectivity index is 2.35. The standard InChI is InChI=1S/C18H17NO6/c1-9-14(17(20)22-3)16(15(10(2)19-9)18(21)23-4)11-5-6-12-13(7-11)25-8-24-12/h5-7H,8H2,1-4H3. The Hall–Kier alpha value is -3.09. The van der Waals surface area contributed by atoms with Crippen LogP contribution in [-0.4, -0.2) is 37.9 Å². The molecule has 3 rings (SSSR count). The van der Waals surface area contributed by atoms with Gasteiger partial charge in [0.05, 0.1) is 36.7 Å². The number of fused-ring (bicyclic) bond motifs is 1. The molecule has 0 amide bonds. The van der Waals surface area contributed by atoms with E-state index in [1.807, 2.05) is 0 Å². The number of carbonyl (C=O) groups is 2. The first-order chi connectivity index (χ1) is 12.0. The van der Waals surface area contributed by atoms with Crippen LogP contribution >= 0.6 is 0 Å². The molecule has 0 bridgehead atoms. The Kier molecular flexibility index (Phi) is 4.31. The van der Waals surface area contributed by atoms with Crippen molar-refractivity contribution in [3.63, 3.8) is 0 Å². The molecule has 0 saturated carbocycles. The molecular weight excluding hydrogens is 326 g/mol. The summed E-state index contributed by atoms with van der Waals surface area (Å²) in [7, 11) is 2.56. The fraction of sp³-hybridized carbons (Fsp3) is 0.278. The van der Waals surface area contributed by atoms with Gasteiger partial charge in [-0.05, 0) is 31.5 Å². The smallest absolute Gasteiger partial charge is 0.340 e. The van der Waals surface area contributed by atoms with Gasteiger partial charge >= 0.3 is 11.9 Å². The van der Waals surface area contributed by atoms with E-state index in [1.165, 1.54) is 14.2 Å². The zero-order valence-electron chi connectivity index (χ0n) is 14.3. The number of ether oxygens (including phenoxy) is 4. The van der Waals surface area contributed by atoms with Gasteiger partial charge in [-0.2, -0.15) is 0 Å². The van der Waals surface area contributed by atoms with Crippen LogP contribution in [0.15, 0.2) is 18.2 Å². The summed E-state index contributed by atoms with van der Waals surface area (Å²) in [5.41, 5.74) is 2.37. The van der Waals surface area contributed by atoms with Crippen molar-refractivity contribution in [1.29, 1.82) is 0 Å². The highest BCUT2D eigenvalue weighted by Crippen LogP contribution is 2.39. The molecule has 25 heavy (non-hydrogen) atoms. The molecule has 130 valence electrons. The SMILES string of the molecule is COC(=O)c1c(C)nc(C)c(C(=O)OC)c1-c1ccc2c(c1)OCO2. The molecule has 0 saturated heterocycles. The molecule has 1 aliphatic rings. The van der Waals surface area contributed by atoms with Gasteiger partial charge in [0.15, 0.2) is 11.5 Å². The number of hydrogen-bond donors (Lipinski definition) is 0. The molecule has 2 aromatic rings. The minimum atomic E-state index is -0.581. The van der Waals surface area contributed by atoms with Crippen molar-refractivity contribution in [2.45, 2.75) is 13.8 Å². The monoisotopic (exact) mass is 343 g/mol. The topological polar surface area (TPSA) is 84.0 Å². The lowest BCUT2D eigenvalue weighted by molar-refractivity contribution is 0.0599. The molecule has 0 radical (unpaired) electrons. The molecule has 1 aromatic carbocycles. The molecule has 0 spiro atoms. The zero-order valence-corrected chi connectivity index (χ0v) is 14.3. The van der Waals surface area contributed by atoms with Gasteiger partial charge in [-0.15, -0.1) is 0 Å².